The molecular formula is C9H13NO3S. The lowest BCUT2D eigenvalue weighted by molar-refractivity contribution is 0.339. The van der Waals surface area contributed by atoms with Crippen LogP contribution in [0.4, 0.5) is 5.69 Å². The highest BCUT2D eigenvalue weighted by atomic mass is 32.2. The topological polar surface area (TPSA) is 55.4 Å². The molecule has 0 saturated heterocycles. The molecule has 0 aliphatic carbocycles. The molecule has 0 fully saturated rings. The molecule has 0 bridgehead atoms. The smallest absolute Gasteiger partial charge is 0.285 e. The van der Waals surface area contributed by atoms with Gasteiger partial charge in [0.15, 0.2) is 0 Å². The Labute approximate surface area is 84.0 Å². The van der Waals surface area contributed by atoms with Crippen molar-refractivity contribution in [2.45, 2.75) is 6.92 Å². The van der Waals surface area contributed by atoms with Gasteiger partial charge in [-0.1, -0.05) is 18.2 Å². The van der Waals surface area contributed by atoms with Crippen LogP contribution in [0.5, 0.6) is 0 Å². The predicted octanol–water partition coefficient (Wildman–Crippen LogP) is 1.42. The molecule has 0 amide bonds. The summed E-state index contributed by atoms with van der Waals surface area (Å²) in [4.78, 5) is 0. The minimum absolute atomic E-state index is 0.165. The molecule has 78 valence electrons. The largest absolute Gasteiger partial charge is 0.370 e. The van der Waals surface area contributed by atoms with Crippen molar-refractivity contribution in [1.82, 2.24) is 0 Å². The van der Waals surface area contributed by atoms with Crippen LogP contribution in [0.1, 0.15) is 6.92 Å². The first-order chi connectivity index (χ1) is 6.64. The molecule has 0 heterocycles. The first-order valence-corrected chi connectivity index (χ1v) is 5.88. The van der Waals surface area contributed by atoms with Crippen molar-refractivity contribution in [1.29, 1.82) is 0 Å². The van der Waals surface area contributed by atoms with E-state index < -0.39 is 10.1 Å². The third kappa shape index (κ3) is 3.76. The molecule has 1 aromatic rings. The molecular weight excluding hydrogens is 202 g/mol. The molecule has 0 atom stereocenters. The Morgan fingerprint density at radius 2 is 1.93 bits per heavy atom. The molecule has 0 aromatic heterocycles. The van der Waals surface area contributed by atoms with Crippen LogP contribution in [0, 0.1) is 0 Å². The molecule has 0 saturated carbocycles. The summed E-state index contributed by atoms with van der Waals surface area (Å²) < 4.78 is 26.8. The summed E-state index contributed by atoms with van der Waals surface area (Å²) in [6, 6.07) is 9.11. The summed E-state index contributed by atoms with van der Waals surface area (Å²) in [7, 11) is -3.44. The van der Waals surface area contributed by atoms with Gasteiger partial charge < -0.3 is 5.32 Å². The molecule has 0 aliphatic heterocycles. The number of anilines is 1. The second kappa shape index (κ2) is 4.97. The fourth-order valence-electron chi connectivity index (χ4n) is 0.949. The molecule has 1 rings (SSSR count). The van der Waals surface area contributed by atoms with Crippen molar-refractivity contribution in [3.05, 3.63) is 30.3 Å². The maximum Gasteiger partial charge on any atom is 0.285 e. The van der Waals surface area contributed by atoms with Crippen LogP contribution in [0.15, 0.2) is 30.3 Å². The zero-order valence-corrected chi connectivity index (χ0v) is 8.75. The van der Waals surface area contributed by atoms with Crippen LogP contribution >= 0.6 is 0 Å². The van der Waals surface area contributed by atoms with Crippen molar-refractivity contribution in [2.24, 2.45) is 0 Å². The van der Waals surface area contributed by atoms with E-state index in [1.54, 1.807) is 19.1 Å². The summed E-state index contributed by atoms with van der Waals surface area (Å²) >= 11 is 0. The van der Waals surface area contributed by atoms with Gasteiger partial charge in [-0.15, -0.1) is 0 Å². The lowest BCUT2D eigenvalue weighted by atomic mass is 10.3. The van der Waals surface area contributed by atoms with E-state index in [1.165, 1.54) is 0 Å². The van der Waals surface area contributed by atoms with Gasteiger partial charge in [0.25, 0.3) is 10.1 Å². The second-order valence-corrected chi connectivity index (χ2v) is 4.29. The number of nitrogens with one attached hydrogen (secondary N) is 1. The van der Waals surface area contributed by atoms with E-state index in [2.05, 4.69) is 9.50 Å². The number of hydrogen-bond donors (Lipinski definition) is 1. The first-order valence-electron chi connectivity index (χ1n) is 4.30. The van der Waals surface area contributed by atoms with Gasteiger partial charge in [0.1, 0.15) is 5.88 Å². The van der Waals surface area contributed by atoms with Crippen LogP contribution < -0.4 is 5.32 Å². The quantitative estimate of drug-likeness (QED) is 0.755. The van der Waals surface area contributed by atoms with E-state index >= 15 is 0 Å². The number of para-hydroxylation sites is 1. The number of rotatable bonds is 5. The molecule has 1 N–H and O–H groups in total. The van der Waals surface area contributed by atoms with E-state index in [0.717, 1.165) is 5.69 Å². The zero-order chi connectivity index (χ0) is 10.4. The molecule has 0 unspecified atom stereocenters. The Morgan fingerprint density at radius 1 is 1.29 bits per heavy atom. The van der Waals surface area contributed by atoms with Crippen LogP contribution in [0.2, 0.25) is 0 Å². The molecule has 14 heavy (non-hydrogen) atoms. The van der Waals surface area contributed by atoms with Gasteiger partial charge in [-0.05, 0) is 19.1 Å². The molecule has 0 aliphatic rings. The maximum atomic E-state index is 11.1. The second-order valence-electron chi connectivity index (χ2n) is 2.65. The van der Waals surface area contributed by atoms with Crippen molar-refractivity contribution >= 4 is 15.8 Å². The van der Waals surface area contributed by atoms with Crippen LogP contribution in [-0.4, -0.2) is 20.9 Å². The van der Waals surface area contributed by atoms with E-state index in [-0.39, 0.29) is 12.5 Å². The fourth-order valence-corrected chi connectivity index (χ4v) is 1.73. The lowest BCUT2D eigenvalue weighted by Crippen LogP contribution is -2.17. The third-order valence-corrected chi connectivity index (χ3v) is 2.62. The zero-order valence-electron chi connectivity index (χ0n) is 7.93. The maximum absolute atomic E-state index is 11.1. The Balaban J connectivity index is 2.49. The predicted molar refractivity (Wildman–Crippen MR) is 55.5 cm³/mol. The molecule has 0 radical (unpaired) electrons. The lowest BCUT2D eigenvalue weighted by Gasteiger charge is -2.06. The molecule has 0 spiro atoms. The van der Waals surface area contributed by atoms with Crippen LogP contribution in [-0.2, 0) is 14.3 Å². The van der Waals surface area contributed by atoms with Gasteiger partial charge in [-0.25, -0.2) is 0 Å². The Morgan fingerprint density at radius 3 is 2.50 bits per heavy atom. The van der Waals surface area contributed by atoms with Gasteiger partial charge in [0, 0.05) is 5.69 Å². The highest BCUT2D eigenvalue weighted by Crippen LogP contribution is 2.05. The molecule has 5 heteroatoms. The SMILES string of the molecule is CCOS(=O)(=O)CNc1ccccc1. The van der Waals surface area contributed by atoms with E-state index in [1.807, 2.05) is 18.2 Å². The minimum atomic E-state index is -3.44. The van der Waals surface area contributed by atoms with Gasteiger partial charge in [-0.2, -0.15) is 8.42 Å². The number of benzene rings is 1. The molecule has 4 nitrogen and oxygen atoms in total. The summed E-state index contributed by atoms with van der Waals surface area (Å²) in [6.45, 7) is 1.80. The van der Waals surface area contributed by atoms with E-state index in [9.17, 15) is 8.42 Å². The average molecular weight is 215 g/mol. The van der Waals surface area contributed by atoms with Gasteiger partial charge in [0.2, 0.25) is 0 Å². The third-order valence-electron chi connectivity index (χ3n) is 1.52. The number of hydrogen-bond acceptors (Lipinski definition) is 4. The summed E-state index contributed by atoms with van der Waals surface area (Å²) in [5, 5.41) is 2.76. The monoisotopic (exact) mass is 215 g/mol. The van der Waals surface area contributed by atoms with Gasteiger partial charge >= 0.3 is 0 Å². The normalized spacial score (nSPS) is 11.2. The van der Waals surface area contributed by atoms with Gasteiger partial charge in [-0.3, -0.25) is 4.18 Å². The Bertz CT molecular complexity index is 361. The average Bonchev–Trinajstić information content (AvgIpc) is 2.17. The summed E-state index contributed by atoms with van der Waals surface area (Å²) in [5.74, 6) is -0.204. The van der Waals surface area contributed by atoms with Crippen molar-refractivity contribution in [2.75, 3.05) is 17.8 Å². The fraction of sp³-hybridized carbons (Fsp3) is 0.333. The summed E-state index contributed by atoms with van der Waals surface area (Å²) in [5.41, 5.74) is 0.760. The van der Waals surface area contributed by atoms with Crippen LogP contribution in [0.3, 0.4) is 0 Å². The first kappa shape index (κ1) is 11.0. The van der Waals surface area contributed by atoms with E-state index in [0.29, 0.717) is 0 Å². The van der Waals surface area contributed by atoms with Crippen LogP contribution in [0.25, 0.3) is 0 Å². The summed E-state index contributed by atoms with van der Waals surface area (Å²) in [6.07, 6.45) is 0. The highest BCUT2D eigenvalue weighted by molar-refractivity contribution is 7.86. The molecule has 1 aromatic carbocycles. The Kier molecular flexibility index (Phi) is 3.91. The Hall–Kier alpha value is -1.07. The van der Waals surface area contributed by atoms with Crippen molar-refractivity contribution in [3.63, 3.8) is 0 Å². The minimum Gasteiger partial charge on any atom is -0.370 e. The standard InChI is InChI=1S/C9H13NO3S/c1-2-13-14(11,12)8-10-9-6-4-3-5-7-9/h3-7,10H,2,8H2,1H3. The van der Waals surface area contributed by atoms with Gasteiger partial charge in [0.05, 0.1) is 6.61 Å². The van der Waals surface area contributed by atoms with Crippen molar-refractivity contribution < 1.29 is 12.6 Å². The van der Waals surface area contributed by atoms with E-state index in [4.69, 9.17) is 0 Å². The van der Waals surface area contributed by atoms with Crippen molar-refractivity contribution in [3.8, 4) is 0 Å². The highest BCUT2D eigenvalue weighted by Gasteiger charge is 2.08.